The minimum atomic E-state index is 0.884. The Hall–Kier alpha value is -1.35. The largest absolute Gasteiger partial charge is 0.316 e. The van der Waals surface area contributed by atoms with Crippen molar-refractivity contribution in [3.63, 3.8) is 0 Å². The van der Waals surface area contributed by atoms with Crippen LogP contribution in [0.25, 0.3) is 5.52 Å². The first-order chi connectivity index (χ1) is 6.29. The van der Waals surface area contributed by atoms with Gasteiger partial charge in [-0.15, -0.1) is 0 Å². The summed E-state index contributed by atoms with van der Waals surface area (Å²) in [5, 5.41) is 7.46. The van der Waals surface area contributed by atoms with Gasteiger partial charge in [0, 0.05) is 12.7 Å². The Morgan fingerprint density at radius 3 is 3.08 bits per heavy atom. The second-order valence-electron chi connectivity index (χ2n) is 3.22. The van der Waals surface area contributed by atoms with Crippen molar-refractivity contribution in [2.24, 2.45) is 0 Å². The van der Waals surface area contributed by atoms with E-state index in [1.807, 2.05) is 18.5 Å². The molecule has 1 N–H and O–H groups in total. The molecule has 0 spiro atoms. The van der Waals surface area contributed by atoms with Crippen molar-refractivity contribution >= 4 is 5.52 Å². The molecule has 0 radical (unpaired) electrons. The van der Waals surface area contributed by atoms with Crippen LogP contribution in [0.4, 0.5) is 0 Å². The minimum Gasteiger partial charge on any atom is -0.316 e. The third kappa shape index (κ3) is 1.55. The Morgan fingerprint density at radius 1 is 1.46 bits per heavy atom. The van der Waals surface area contributed by atoms with E-state index in [-0.39, 0.29) is 0 Å². The van der Waals surface area contributed by atoms with Crippen LogP contribution in [0.3, 0.4) is 0 Å². The molecule has 0 bridgehead atoms. The highest BCUT2D eigenvalue weighted by atomic mass is 15.2. The maximum absolute atomic E-state index is 4.34. The van der Waals surface area contributed by atoms with Gasteiger partial charge in [-0.3, -0.25) is 0 Å². The zero-order chi connectivity index (χ0) is 9.26. The van der Waals surface area contributed by atoms with Gasteiger partial charge in [-0.1, -0.05) is 6.07 Å². The number of aryl methyl sites for hydroxylation is 1. The molecule has 0 aliphatic carbocycles. The number of hydrogen-bond donors (Lipinski definition) is 1. The summed E-state index contributed by atoms with van der Waals surface area (Å²) in [6, 6.07) is 6.28. The highest BCUT2D eigenvalue weighted by Gasteiger charge is 1.97. The normalized spacial score (nSPS) is 10.9. The molecule has 2 aromatic rings. The first kappa shape index (κ1) is 8.26. The summed E-state index contributed by atoms with van der Waals surface area (Å²) in [6.45, 7) is 2.89. The SMILES string of the molecule is CNCc1ccc2cc(C)nn2c1. The van der Waals surface area contributed by atoms with Crippen LogP contribution in [-0.4, -0.2) is 16.7 Å². The van der Waals surface area contributed by atoms with Gasteiger partial charge < -0.3 is 5.32 Å². The number of hydrogen-bond acceptors (Lipinski definition) is 2. The lowest BCUT2D eigenvalue weighted by Crippen LogP contribution is -2.05. The first-order valence-electron chi connectivity index (χ1n) is 4.39. The predicted octanol–water partition coefficient (Wildman–Crippen LogP) is 1.36. The van der Waals surface area contributed by atoms with Gasteiger partial charge in [0.25, 0.3) is 0 Å². The standard InChI is InChI=1S/C10H13N3/c1-8-5-10-4-3-9(6-11-2)7-13(10)12-8/h3-5,7,11H,6H2,1-2H3. The summed E-state index contributed by atoms with van der Waals surface area (Å²) in [5.41, 5.74) is 3.46. The summed E-state index contributed by atoms with van der Waals surface area (Å²) in [4.78, 5) is 0. The molecule has 3 heteroatoms. The van der Waals surface area contributed by atoms with E-state index in [0.717, 1.165) is 17.8 Å². The molecule has 0 amide bonds. The van der Waals surface area contributed by atoms with Gasteiger partial charge in [-0.2, -0.15) is 5.10 Å². The Kier molecular flexibility index (Phi) is 2.02. The first-order valence-corrected chi connectivity index (χ1v) is 4.39. The fourth-order valence-electron chi connectivity index (χ4n) is 1.47. The zero-order valence-corrected chi connectivity index (χ0v) is 7.91. The quantitative estimate of drug-likeness (QED) is 0.746. The molecule has 0 atom stereocenters. The number of pyridine rings is 1. The molecule has 3 nitrogen and oxygen atoms in total. The molecule has 2 heterocycles. The molecular weight excluding hydrogens is 162 g/mol. The Morgan fingerprint density at radius 2 is 2.31 bits per heavy atom. The van der Waals surface area contributed by atoms with E-state index in [4.69, 9.17) is 0 Å². The minimum absolute atomic E-state index is 0.884. The molecule has 0 saturated carbocycles. The summed E-state index contributed by atoms with van der Waals surface area (Å²) in [7, 11) is 1.94. The Labute approximate surface area is 77.4 Å². The van der Waals surface area contributed by atoms with Crippen LogP contribution >= 0.6 is 0 Å². The van der Waals surface area contributed by atoms with Crippen LogP contribution in [0.5, 0.6) is 0 Å². The predicted molar refractivity (Wildman–Crippen MR) is 52.7 cm³/mol. The molecule has 0 aromatic carbocycles. The van der Waals surface area contributed by atoms with E-state index in [9.17, 15) is 0 Å². The van der Waals surface area contributed by atoms with E-state index in [2.05, 4.69) is 34.8 Å². The number of rotatable bonds is 2. The lowest BCUT2D eigenvalue weighted by molar-refractivity contribution is 0.801. The number of nitrogens with zero attached hydrogens (tertiary/aromatic N) is 2. The smallest absolute Gasteiger partial charge is 0.0664 e. The van der Waals surface area contributed by atoms with Gasteiger partial charge in [-0.25, -0.2) is 4.52 Å². The van der Waals surface area contributed by atoms with Crippen molar-refractivity contribution in [1.82, 2.24) is 14.9 Å². The van der Waals surface area contributed by atoms with Gasteiger partial charge in [0.2, 0.25) is 0 Å². The van der Waals surface area contributed by atoms with Crippen molar-refractivity contribution in [1.29, 1.82) is 0 Å². The van der Waals surface area contributed by atoms with E-state index in [1.165, 1.54) is 5.56 Å². The van der Waals surface area contributed by atoms with Crippen molar-refractivity contribution in [3.05, 3.63) is 35.7 Å². The maximum Gasteiger partial charge on any atom is 0.0664 e. The summed E-state index contributed by atoms with van der Waals surface area (Å²) < 4.78 is 1.92. The van der Waals surface area contributed by atoms with Crippen LogP contribution < -0.4 is 5.32 Å². The summed E-state index contributed by atoms with van der Waals surface area (Å²) in [5.74, 6) is 0. The lowest BCUT2D eigenvalue weighted by atomic mass is 10.2. The molecule has 2 rings (SSSR count). The van der Waals surface area contributed by atoms with Crippen LogP contribution in [-0.2, 0) is 6.54 Å². The molecule has 0 aliphatic rings. The Bertz CT molecular complexity index is 417. The molecule has 68 valence electrons. The molecule has 0 saturated heterocycles. The van der Waals surface area contributed by atoms with Gasteiger partial charge in [-0.05, 0) is 31.7 Å². The van der Waals surface area contributed by atoms with Gasteiger partial charge in [0.15, 0.2) is 0 Å². The van der Waals surface area contributed by atoms with Crippen molar-refractivity contribution in [3.8, 4) is 0 Å². The summed E-state index contributed by atoms with van der Waals surface area (Å²) >= 11 is 0. The third-order valence-electron chi connectivity index (χ3n) is 2.02. The van der Waals surface area contributed by atoms with Crippen molar-refractivity contribution in [2.75, 3.05) is 7.05 Å². The van der Waals surface area contributed by atoms with Crippen molar-refractivity contribution < 1.29 is 0 Å². The van der Waals surface area contributed by atoms with Gasteiger partial charge >= 0.3 is 0 Å². The van der Waals surface area contributed by atoms with Gasteiger partial charge in [0.1, 0.15) is 0 Å². The van der Waals surface area contributed by atoms with Crippen molar-refractivity contribution in [2.45, 2.75) is 13.5 Å². The number of nitrogens with one attached hydrogen (secondary N) is 1. The fourth-order valence-corrected chi connectivity index (χ4v) is 1.47. The Balaban J connectivity index is 2.48. The zero-order valence-electron chi connectivity index (χ0n) is 7.91. The maximum atomic E-state index is 4.34. The molecule has 0 aliphatic heterocycles. The van der Waals surface area contributed by atoms with E-state index in [1.54, 1.807) is 0 Å². The number of fused-ring (bicyclic) bond motifs is 1. The van der Waals surface area contributed by atoms with E-state index in [0.29, 0.717) is 0 Å². The highest BCUT2D eigenvalue weighted by Crippen LogP contribution is 2.07. The third-order valence-corrected chi connectivity index (χ3v) is 2.02. The average molecular weight is 175 g/mol. The van der Waals surface area contributed by atoms with Crippen LogP contribution in [0.15, 0.2) is 24.4 Å². The fraction of sp³-hybridized carbons (Fsp3) is 0.300. The topological polar surface area (TPSA) is 29.3 Å². The molecular formula is C10H13N3. The van der Waals surface area contributed by atoms with Crippen LogP contribution in [0.2, 0.25) is 0 Å². The lowest BCUT2D eigenvalue weighted by Gasteiger charge is -1.99. The van der Waals surface area contributed by atoms with Crippen LogP contribution in [0.1, 0.15) is 11.3 Å². The monoisotopic (exact) mass is 175 g/mol. The van der Waals surface area contributed by atoms with Crippen LogP contribution in [0, 0.1) is 6.92 Å². The molecule has 2 aromatic heterocycles. The van der Waals surface area contributed by atoms with Gasteiger partial charge in [0.05, 0.1) is 11.2 Å². The highest BCUT2D eigenvalue weighted by molar-refractivity contribution is 5.47. The second-order valence-corrected chi connectivity index (χ2v) is 3.22. The molecule has 0 fully saturated rings. The molecule has 0 unspecified atom stereocenters. The average Bonchev–Trinajstić information content (AvgIpc) is 2.44. The summed E-state index contributed by atoms with van der Waals surface area (Å²) in [6.07, 6.45) is 2.05. The van der Waals surface area contributed by atoms with E-state index < -0.39 is 0 Å². The number of aromatic nitrogens is 2. The molecule has 13 heavy (non-hydrogen) atoms. The van der Waals surface area contributed by atoms with E-state index >= 15 is 0 Å². The second kappa shape index (κ2) is 3.18.